The molecule has 0 aromatic heterocycles. The number of rotatable bonds is 0. The summed E-state index contributed by atoms with van der Waals surface area (Å²) < 4.78 is 0. The summed E-state index contributed by atoms with van der Waals surface area (Å²) in [4.78, 5) is 3.34. The summed E-state index contributed by atoms with van der Waals surface area (Å²) in [5, 5.41) is 18.1. The van der Waals surface area contributed by atoms with Crippen LogP contribution in [-0.2, 0) is 0 Å². The van der Waals surface area contributed by atoms with Gasteiger partial charge in [0.25, 0.3) is 0 Å². The number of aliphatic hydroxyl groups is 2. The number of aliphatic hydroxyl groups excluding tert-OH is 2. The van der Waals surface area contributed by atoms with Crippen LogP contribution >= 0.6 is 0 Å². The van der Waals surface area contributed by atoms with Crippen LogP contribution < -0.4 is 0 Å². The summed E-state index contributed by atoms with van der Waals surface area (Å²) in [6.07, 6.45) is -1.45. The van der Waals surface area contributed by atoms with Crippen LogP contribution in [0.2, 0.25) is 0 Å². The van der Waals surface area contributed by atoms with Crippen LogP contribution in [0.1, 0.15) is 0 Å². The third kappa shape index (κ3) is 1.07. The molecule has 4 nitrogen and oxygen atoms in total. The van der Waals surface area contributed by atoms with E-state index in [2.05, 4.69) is 0 Å². The minimum absolute atomic E-state index is 0.613. The molecule has 4 heteroatoms. The largest absolute Gasteiger partial charge is 0.374 e. The summed E-state index contributed by atoms with van der Waals surface area (Å²) in [5.41, 5.74) is 0. The Morgan fingerprint density at radius 2 is 1.44 bits per heavy atom. The van der Waals surface area contributed by atoms with E-state index in [1.165, 1.54) is 0 Å². The molecule has 0 aromatic carbocycles. The maximum atomic E-state index is 9.07. The van der Waals surface area contributed by atoms with E-state index in [0.717, 1.165) is 0 Å². The van der Waals surface area contributed by atoms with Gasteiger partial charge in [-0.1, -0.05) is 0 Å². The van der Waals surface area contributed by atoms with Crippen LogP contribution in [0, 0.1) is 0 Å². The first kappa shape index (κ1) is 6.95. The predicted molar refractivity (Wildman–Crippen MR) is 32.4 cm³/mol. The van der Waals surface area contributed by atoms with Crippen molar-refractivity contribution in [2.75, 3.05) is 20.8 Å². The van der Waals surface area contributed by atoms with Crippen LogP contribution in [0.5, 0.6) is 0 Å². The van der Waals surface area contributed by atoms with Gasteiger partial charge >= 0.3 is 0 Å². The van der Waals surface area contributed by atoms with E-state index in [1.807, 2.05) is 0 Å². The fourth-order valence-corrected chi connectivity index (χ4v) is 0.974. The van der Waals surface area contributed by atoms with Gasteiger partial charge in [0.05, 0.1) is 6.67 Å². The highest BCUT2D eigenvalue weighted by Crippen LogP contribution is 2.11. The summed E-state index contributed by atoms with van der Waals surface area (Å²) >= 11 is 0. The number of nitrogens with zero attached hydrogens (tertiary/aromatic N) is 2. The SMILES string of the molecule is CN1CN(C)[C@@H](O)[C@H]1O. The third-order valence-corrected chi connectivity index (χ3v) is 1.62. The highest BCUT2D eigenvalue weighted by Gasteiger charge is 2.32. The van der Waals surface area contributed by atoms with Gasteiger partial charge in [0.1, 0.15) is 12.5 Å². The van der Waals surface area contributed by atoms with Crippen molar-refractivity contribution in [3.05, 3.63) is 0 Å². The first-order valence-corrected chi connectivity index (χ1v) is 2.89. The monoisotopic (exact) mass is 132 g/mol. The van der Waals surface area contributed by atoms with E-state index >= 15 is 0 Å². The quantitative estimate of drug-likeness (QED) is 0.419. The minimum atomic E-state index is -0.727. The van der Waals surface area contributed by atoms with Gasteiger partial charge in [-0.3, -0.25) is 9.80 Å². The van der Waals surface area contributed by atoms with Crippen LogP contribution in [0.15, 0.2) is 0 Å². The predicted octanol–water partition coefficient (Wildman–Crippen LogP) is -1.54. The molecule has 0 amide bonds. The Kier molecular flexibility index (Phi) is 1.72. The van der Waals surface area contributed by atoms with Crippen molar-refractivity contribution in [3.8, 4) is 0 Å². The molecule has 0 bridgehead atoms. The lowest BCUT2D eigenvalue weighted by Crippen LogP contribution is -2.34. The Morgan fingerprint density at radius 1 is 1.11 bits per heavy atom. The molecule has 1 rings (SSSR count). The Balaban J connectivity index is 2.54. The second kappa shape index (κ2) is 2.22. The summed E-state index contributed by atoms with van der Waals surface area (Å²) in [6, 6.07) is 0. The normalized spacial score (nSPS) is 40.0. The van der Waals surface area contributed by atoms with Gasteiger partial charge in [-0.25, -0.2) is 0 Å². The topological polar surface area (TPSA) is 46.9 Å². The summed E-state index contributed by atoms with van der Waals surface area (Å²) in [7, 11) is 3.52. The highest BCUT2D eigenvalue weighted by molar-refractivity contribution is 4.73. The minimum Gasteiger partial charge on any atom is -0.374 e. The van der Waals surface area contributed by atoms with E-state index in [-0.39, 0.29) is 0 Å². The number of hydrogen-bond acceptors (Lipinski definition) is 4. The van der Waals surface area contributed by atoms with E-state index < -0.39 is 12.5 Å². The number of likely N-dealkylation sites (N-methyl/N-ethyl adjacent to an activating group) is 2. The molecular formula is C5H12N2O2. The second-order valence-electron chi connectivity index (χ2n) is 2.48. The van der Waals surface area contributed by atoms with Crippen molar-refractivity contribution in [3.63, 3.8) is 0 Å². The Hall–Kier alpha value is -0.160. The molecule has 1 aliphatic heterocycles. The van der Waals surface area contributed by atoms with Gasteiger partial charge in [0.2, 0.25) is 0 Å². The van der Waals surface area contributed by atoms with Gasteiger partial charge in [-0.2, -0.15) is 0 Å². The highest BCUT2D eigenvalue weighted by atomic mass is 16.4. The number of hydrogen-bond donors (Lipinski definition) is 2. The van der Waals surface area contributed by atoms with Crippen molar-refractivity contribution in [2.45, 2.75) is 12.5 Å². The molecule has 2 atom stereocenters. The molecule has 9 heavy (non-hydrogen) atoms. The van der Waals surface area contributed by atoms with E-state index in [9.17, 15) is 0 Å². The van der Waals surface area contributed by atoms with Crippen molar-refractivity contribution < 1.29 is 10.2 Å². The average Bonchev–Trinajstić information content (AvgIpc) is 1.98. The zero-order valence-electron chi connectivity index (χ0n) is 5.65. The molecule has 1 heterocycles. The van der Waals surface area contributed by atoms with Gasteiger partial charge in [0.15, 0.2) is 0 Å². The van der Waals surface area contributed by atoms with Crippen molar-refractivity contribution in [1.29, 1.82) is 0 Å². The van der Waals surface area contributed by atoms with Crippen LogP contribution in [0.4, 0.5) is 0 Å². The Bertz CT molecular complexity index is 97.1. The average molecular weight is 132 g/mol. The lowest BCUT2D eigenvalue weighted by molar-refractivity contribution is -0.0550. The van der Waals surface area contributed by atoms with Crippen LogP contribution in [0.3, 0.4) is 0 Å². The first-order chi connectivity index (χ1) is 4.13. The van der Waals surface area contributed by atoms with E-state index in [4.69, 9.17) is 10.2 Å². The molecule has 2 N–H and O–H groups in total. The fraction of sp³-hybridized carbons (Fsp3) is 1.00. The lowest BCUT2D eigenvalue weighted by atomic mass is 10.5. The molecule has 1 fully saturated rings. The molecule has 0 aliphatic carbocycles. The first-order valence-electron chi connectivity index (χ1n) is 2.89. The standard InChI is InChI=1S/C5H12N2O2/c1-6-3-7(2)5(9)4(6)8/h4-5,8-9H,3H2,1-2H3/t4-,5+. The third-order valence-electron chi connectivity index (χ3n) is 1.62. The maximum Gasteiger partial charge on any atom is 0.148 e. The van der Waals surface area contributed by atoms with Gasteiger partial charge in [-0.05, 0) is 14.1 Å². The van der Waals surface area contributed by atoms with E-state index in [0.29, 0.717) is 6.67 Å². The lowest BCUT2D eigenvalue weighted by Gasteiger charge is -2.13. The van der Waals surface area contributed by atoms with Crippen LogP contribution in [0.25, 0.3) is 0 Å². The molecule has 54 valence electrons. The molecule has 0 radical (unpaired) electrons. The smallest absolute Gasteiger partial charge is 0.148 e. The molecule has 0 spiro atoms. The molecule has 0 aromatic rings. The molecule has 0 unspecified atom stereocenters. The maximum absolute atomic E-state index is 9.07. The van der Waals surface area contributed by atoms with E-state index in [1.54, 1.807) is 23.9 Å². The summed E-state index contributed by atoms with van der Waals surface area (Å²) in [6.45, 7) is 0.613. The van der Waals surface area contributed by atoms with Crippen molar-refractivity contribution in [1.82, 2.24) is 9.80 Å². The summed E-state index contributed by atoms with van der Waals surface area (Å²) in [5.74, 6) is 0. The van der Waals surface area contributed by atoms with Gasteiger partial charge in [-0.15, -0.1) is 0 Å². The Labute approximate surface area is 54.3 Å². The fourth-order valence-electron chi connectivity index (χ4n) is 0.974. The zero-order valence-corrected chi connectivity index (χ0v) is 5.65. The second-order valence-corrected chi connectivity index (χ2v) is 2.48. The molecule has 1 aliphatic rings. The zero-order chi connectivity index (χ0) is 7.02. The van der Waals surface area contributed by atoms with Crippen molar-refractivity contribution >= 4 is 0 Å². The Morgan fingerprint density at radius 3 is 1.56 bits per heavy atom. The van der Waals surface area contributed by atoms with Crippen LogP contribution in [-0.4, -0.2) is 53.2 Å². The molecule has 0 saturated carbocycles. The molecule has 1 saturated heterocycles. The molecular weight excluding hydrogens is 120 g/mol. The van der Waals surface area contributed by atoms with Crippen molar-refractivity contribution in [2.24, 2.45) is 0 Å². The van der Waals surface area contributed by atoms with Gasteiger partial charge < -0.3 is 10.2 Å². The van der Waals surface area contributed by atoms with Gasteiger partial charge in [0, 0.05) is 0 Å².